The van der Waals surface area contributed by atoms with Crippen molar-refractivity contribution in [3.05, 3.63) is 269 Å². The largest absolute Gasteiger partial charge is 0.508 e. The fourth-order valence-electron chi connectivity index (χ4n) is 14.6. The van der Waals surface area contributed by atoms with Crippen LogP contribution in [0.3, 0.4) is 0 Å². The number of benzene rings is 10. The number of ether oxygens (including phenoxy) is 5. The van der Waals surface area contributed by atoms with Gasteiger partial charge in [-0.3, -0.25) is 23.7 Å². The molecule has 0 bridgehead atoms. The summed E-state index contributed by atoms with van der Waals surface area (Å²) in [5.41, 5.74) is 20.8. The van der Waals surface area contributed by atoms with Crippen LogP contribution in [0.2, 0.25) is 5.35 Å². The maximum Gasteiger partial charge on any atom is 0.407 e. The first-order chi connectivity index (χ1) is 67.1. The molecule has 9 N–H and O–H groups in total. The number of alkyl carbamates (subject to hydrolysis) is 1. The fourth-order valence-corrected chi connectivity index (χ4v) is 15.3. The quantitative estimate of drug-likeness (QED) is 0.0211. The smallest absolute Gasteiger partial charge is 0.407 e. The van der Waals surface area contributed by atoms with Crippen molar-refractivity contribution in [2.45, 2.75) is 116 Å². The topological polar surface area (TPSA) is 435 Å². The maximum atomic E-state index is 13.3. The highest BCUT2D eigenvalue weighted by Gasteiger charge is 2.27. The van der Waals surface area contributed by atoms with Crippen LogP contribution in [0.1, 0.15) is 100.0 Å². The third-order valence-electron chi connectivity index (χ3n) is 21.9. The SMILES string of the molecule is CC(C)(C)OC(=O)NC/C(=C/F)COc1ccc2nc(NCc3ccc(N4CCCC4=O)cc3)oc2c1.COc1ccc2nc(Cl)oc2c1.COc1ccc2nc(NCc3ccc(N4CCCC4=O)cc3)oc2c1.Cc1ccc(S(=O)(=O)O)cc1.NC/C(=C/F)COc1ccc2nc(NCc3ccc(N4CCCC4=O)cc3)oc2c1.O=C1CCCN1c1ccc(CNc2nc3ccc(O)cc3o2)cc1. The van der Waals surface area contributed by atoms with Gasteiger partial charge >= 0.3 is 6.09 Å². The molecule has 15 aromatic rings. The Morgan fingerprint density at radius 1 is 0.453 bits per heavy atom. The van der Waals surface area contributed by atoms with E-state index in [1.807, 2.05) is 142 Å². The number of amides is 5. The zero-order valence-electron chi connectivity index (χ0n) is 77.0. The summed E-state index contributed by atoms with van der Waals surface area (Å²) in [5.74, 6) is 3.37. The number of carbonyl (C=O) groups excluding carboxylic acids is 5. The fraction of sp³-hybridized carbons (Fsp3) is 0.267. The molecule has 0 spiro atoms. The molecule has 724 valence electrons. The molecular weight excluding hydrogens is 1830 g/mol. The van der Waals surface area contributed by atoms with E-state index in [4.69, 9.17) is 67.7 Å². The number of hydrogen-bond acceptors (Lipinski definition) is 28. The van der Waals surface area contributed by atoms with E-state index in [9.17, 15) is 46.3 Å². The summed E-state index contributed by atoms with van der Waals surface area (Å²) in [5, 5.41) is 24.7. The lowest BCUT2D eigenvalue weighted by Gasteiger charge is -2.20. The zero-order chi connectivity index (χ0) is 98.1. The number of fused-ring (bicyclic) bond motifs is 5. The number of aryl methyl sites for hydroxylation is 1. The first-order valence-electron chi connectivity index (χ1n) is 44.6. The van der Waals surface area contributed by atoms with Gasteiger partial charge in [0, 0.05) is 155 Å². The number of aromatic nitrogens is 5. The van der Waals surface area contributed by atoms with Crippen molar-refractivity contribution in [2.24, 2.45) is 5.73 Å². The van der Waals surface area contributed by atoms with Gasteiger partial charge in [0.25, 0.3) is 39.5 Å². The van der Waals surface area contributed by atoms with Gasteiger partial charge in [-0.15, -0.1) is 0 Å². The molecule has 4 saturated heterocycles. The second-order valence-electron chi connectivity index (χ2n) is 33.3. The first kappa shape index (κ1) is 99.4. The highest BCUT2D eigenvalue weighted by molar-refractivity contribution is 7.85. The van der Waals surface area contributed by atoms with Gasteiger partial charge in [-0.1, -0.05) is 66.2 Å². The number of phenols is 1. The van der Waals surface area contributed by atoms with Crippen molar-refractivity contribution in [3.63, 3.8) is 0 Å². The number of nitrogens with one attached hydrogen (secondary N) is 5. The van der Waals surface area contributed by atoms with E-state index in [1.54, 1.807) is 114 Å². The lowest BCUT2D eigenvalue weighted by atomic mass is 10.2. The molecule has 0 radical (unpaired) electrons. The van der Waals surface area contributed by atoms with Gasteiger partial charge in [0.05, 0.1) is 31.8 Å². The summed E-state index contributed by atoms with van der Waals surface area (Å²) in [7, 11) is -0.802. The van der Waals surface area contributed by atoms with Crippen molar-refractivity contribution < 1.29 is 96.6 Å². The summed E-state index contributed by atoms with van der Waals surface area (Å²) in [6.45, 7) is 12.5. The Kier molecular flexibility index (Phi) is 33.4. The van der Waals surface area contributed by atoms with Crippen LogP contribution in [-0.4, -0.2) is 145 Å². The number of carbonyl (C=O) groups is 5. The third kappa shape index (κ3) is 28.1. The number of hydrogen-bond donors (Lipinski definition) is 8. The standard InChI is InChI=1S/C27H31FN4O5.C22H23FN4O3.C19H19N3O3.C18H17N3O3.C8H6ClNO2.C7H8O3S/c1-27(2,3)37-26(34)30-16-19(14-28)17-35-21-10-11-22-23(13-21)36-25(31-22)29-15-18-6-8-20(9-7-18)32-12-4-5-24(32)33;23-11-16(12-24)14-29-18-7-8-19-20(10-18)30-22(26-19)25-13-15-3-5-17(6-4-15)27-9-1-2-21(27)28;1-24-15-8-9-16-17(11-15)25-19(21-16)20-12-13-4-6-14(7-5-13)22-10-2-3-18(22)23;22-14-7-8-15-16(10-14)24-18(20-15)19-11-12-3-5-13(6-4-12)21-9-1-2-17(21)23;1-11-5-2-3-6-7(4-5)12-8(9)10-6;1-6-2-4-7(5-3-6)11(8,9)10/h6-11,13-14H,4-5,12,15-17H2,1-3H3,(H,29,31)(H,30,34);3-8,10-11H,1-2,9,12-14,24H2,(H,25,26);4-9,11H,2-3,10,12H2,1H3,(H,20,21);3-8,10,22H,1-2,9,11H2,(H,19,20);2-4H,1H3;2-5H,1H3,(H,8,9,10)/b19-14-;16-11-;;;;. The second kappa shape index (κ2) is 46.8. The predicted molar refractivity (Wildman–Crippen MR) is 525 cm³/mol. The van der Waals surface area contributed by atoms with Gasteiger partial charge in [0.15, 0.2) is 27.9 Å². The van der Waals surface area contributed by atoms with Gasteiger partial charge in [-0.2, -0.15) is 33.3 Å². The van der Waals surface area contributed by atoms with Crippen molar-refractivity contribution in [3.8, 4) is 28.7 Å². The average molecular weight is 1940 g/mol. The molecule has 4 aliphatic heterocycles. The van der Waals surface area contributed by atoms with Gasteiger partial charge in [-0.05, 0) is 209 Å². The molecule has 4 aliphatic rings. The predicted octanol–water partition coefficient (Wildman–Crippen LogP) is 19.7. The van der Waals surface area contributed by atoms with Crippen LogP contribution in [-0.2, 0) is 60.2 Å². The van der Waals surface area contributed by atoms with Gasteiger partial charge in [0.1, 0.15) is 75.1 Å². The minimum Gasteiger partial charge on any atom is -0.508 e. The molecule has 0 aliphatic carbocycles. The Morgan fingerprint density at radius 3 is 1.09 bits per heavy atom. The Morgan fingerprint density at radius 2 is 0.770 bits per heavy atom. The molecule has 0 atom stereocenters. The highest BCUT2D eigenvalue weighted by Crippen LogP contribution is 2.33. The Balaban J connectivity index is 0.000000138. The van der Waals surface area contributed by atoms with Crippen LogP contribution in [0.5, 0.6) is 28.7 Å². The van der Waals surface area contributed by atoms with Crippen molar-refractivity contribution in [2.75, 3.05) is 108 Å². The average Bonchev–Trinajstić information content (AvgIpc) is 1.67. The number of aromatic hydroxyl groups is 1. The van der Waals surface area contributed by atoms with Gasteiger partial charge in [-0.25, -0.2) is 13.6 Å². The maximum absolute atomic E-state index is 13.3. The number of oxazole rings is 5. The van der Waals surface area contributed by atoms with Crippen molar-refractivity contribution in [1.29, 1.82) is 0 Å². The normalized spacial score (nSPS) is 13.8. The molecule has 9 heterocycles. The Bertz CT molecular complexity index is 6950. The summed E-state index contributed by atoms with van der Waals surface area (Å²) in [6, 6.07) is 65.3. The summed E-state index contributed by atoms with van der Waals surface area (Å²) >= 11 is 5.56. The minimum absolute atomic E-state index is 0.0423. The van der Waals surface area contributed by atoms with Gasteiger partial charge < -0.3 is 103 Å². The molecule has 5 amide bonds. The highest BCUT2D eigenvalue weighted by atomic mass is 35.5. The summed E-state index contributed by atoms with van der Waals surface area (Å²) in [4.78, 5) is 87.8. The third-order valence-corrected chi connectivity index (χ3v) is 22.9. The van der Waals surface area contributed by atoms with E-state index in [2.05, 4.69) is 51.5 Å². The summed E-state index contributed by atoms with van der Waals surface area (Å²) in [6.07, 6.45) is 6.41. The van der Waals surface area contributed by atoms with E-state index in [-0.39, 0.29) is 71.5 Å². The van der Waals surface area contributed by atoms with Crippen molar-refractivity contribution >= 4 is 154 Å². The molecular formula is C101H104ClF2N15O19S. The molecule has 0 saturated carbocycles. The van der Waals surface area contributed by atoms with E-state index in [0.29, 0.717) is 150 Å². The summed E-state index contributed by atoms with van der Waals surface area (Å²) < 4.78 is 110. The van der Waals surface area contributed by atoms with E-state index in [0.717, 1.165) is 125 Å². The Labute approximate surface area is 803 Å². The number of anilines is 8. The number of methoxy groups -OCH3 is 2. The van der Waals surface area contributed by atoms with E-state index in [1.165, 1.54) is 18.2 Å². The van der Waals surface area contributed by atoms with E-state index < -0.39 is 21.8 Å². The van der Waals surface area contributed by atoms with Crippen LogP contribution >= 0.6 is 11.6 Å². The van der Waals surface area contributed by atoms with Crippen LogP contribution in [0.15, 0.2) is 263 Å². The van der Waals surface area contributed by atoms with Crippen LogP contribution in [0.25, 0.3) is 55.5 Å². The Hall–Kier alpha value is -15.6. The molecule has 5 aromatic heterocycles. The van der Waals surface area contributed by atoms with E-state index >= 15 is 0 Å². The van der Waals surface area contributed by atoms with Crippen LogP contribution < -0.4 is 70.9 Å². The molecule has 38 heteroatoms. The molecule has 4 fully saturated rings. The lowest BCUT2D eigenvalue weighted by Crippen LogP contribution is -2.34. The number of nitrogens with two attached hydrogens (primary N) is 1. The number of nitrogens with zero attached hydrogens (tertiary/aromatic N) is 9. The molecule has 34 nitrogen and oxygen atoms in total. The number of halogens is 3. The number of rotatable bonds is 28. The van der Waals surface area contributed by atoms with Gasteiger partial charge in [0.2, 0.25) is 23.6 Å². The molecule has 10 aromatic carbocycles. The minimum atomic E-state index is -4.02. The molecule has 139 heavy (non-hydrogen) atoms. The van der Waals surface area contributed by atoms with Crippen LogP contribution in [0.4, 0.5) is 60.4 Å². The monoisotopic (exact) mass is 1940 g/mol. The second-order valence-corrected chi connectivity index (χ2v) is 35.0. The molecule has 0 unspecified atom stereocenters. The number of phenolic OH excluding ortho intramolecular Hbond substituents is 1. The zero-order valence-corrected chi connectivity index (χ0v) is 78.6. The van der Waals surface area contributed by atoms with Crippen molar-refractivity contribution in [1.82, 2.24) is 30.2 Å². The molecule has 19 rings (SSSR count). The first-order valence-corrected chi connectivity index (χ1v) is 46.4. The lowest BCUT2D eigenvalue weighted by molar-refractivity contribution is -0.117. The van der Waals surface area contributed by atoms with Crippen LogP contribution in [0, 0.1) is 6.92 Å².